The molecule has 0 radical (unpaired) electrons. The summed E-state index contributed by atoms with van der Waals surface area (Å²) in [7, 11) is 0.671. The zero-order valence-electron chi connectivity index (χ0n) is 45.2. The smallest absolute Gasteiger partial charge is 0.351 e. The number of nitrogens with zero attached hydrogens (tertiary/aromatic N) is 3. The first-order chi connectivity index (χ1) is 37.4. The van der Waals surface area contributed by atoms with Crippen LogP contribution in [0.5, 0.6) is 11.5 Å². The largest absolute Gasteiger partial charge is 0.497 e. The molecule has 77 heavy (non-hydrogen) atoms. The minimum atomic E-state index is -2.35. The molecule has 0 spiro atoms. The standard InChI is InChI=1S/C61H71N4O10PSi/c1-44(2)65(45(3)4)76(73-41-42-77(8,52-25-17-11-18-26-52)53-27-19-12-20-28-53)75-56-54(74-59(57(56)71-40-39-68-5)64-38-37-55(63-60(64)67)62-58(66)46-21-13-9-14-22-46)43-72-61(47-23-15-10-16-24-47,48-29-33-50(69-6)34-30-48)49-31-35-51(70-7)36-32-49/h9-38,44-45,54,56-57,59H,39-43H2,1-8H3,(H,62,63,66,67)/t54-,56-,57-,59-,76?/m1/s1. The first kappa shape index (κ1) is 56.8. The van der Waals surface area contributed by atoms with Gasteiger partial charge in [-0.2, -0.15) is 4.98 Å². The van der Waals surface area contributed by atoms with Crippen molar-refractivity contribution in [2.45, 2.75) is 82.5 Å². The van der Waals surface area contributed by atoms with Crippen LogP contribution < -0.4 is 30.9 Å². The zero-order chi connectivity index (χ0) is 54.4. The molecule has 0 bridgehead atoms. The summed E-state index contributed by atoms with van der Waals surface area (Å²) < 4.78 is 56.7. The van der Waals surface area contributed by atoms with Gasteiger partial charge in [0.15, 0.2) is 6.23 Å². The molecule has 7 aromatic rings. The molecule has 1 N–H and O–H groups in total. The van der Waals surface area contributed by atoms with E-state index >= 15 is 0 Å². The summed E-state index contributed by atoms with van der Waals surface area (Å²) in [5.74, 6) is 1.05. The SMILES string of the molecule is COCCO[C@@H]1[C@H](OP(OCC[Si](C)(c2ccccc2)c2ccccc2)N(C(C)C)C(C)C)[C@@H](COC(c2ccccc2)(c2ccc(OC)cc2)c2ccc(OC)cc2)O[C@H]1n1ccc(NC(=O)c2ccccc2)nc1=O. The van der Waals surface area contributed by atoms with E-state index in [2.05, 4.69) is 110 Å². The third-order valence-electron chi connectivity index (χ3n) is 14.0. The molecule has 8 rings (SSSR count). The van der Waals surface area contributed by atoms with E-state index in [1.807, 2.05) is 84.9 Å². The van der Waals surface area contributed by atoms with E-state index in [0.29, 0.717) is 23.7 Å². The topological polar surface area (TPSA) is 141 Å². The Labute approximate surface area is 455 Å². The predicted octanol–water partition coefficient (Wildman–Crippen LogP) is 10.1. The molecule has 6 aromatic carbocycles. The van der Waals surface area contributed by atoms with E-state index in [-0.39, 0.29) is 37.7 Å². The minimum Gasteiger partial charge on any atom is -0.497 e. The Bertz CT molecular complexity index is 2880. The van der Waals surface area contributed by atoms with Crippen LogP contribution in [0.1, 0.15) is 61.0 Å². The number of carbonyl (C=O) groups is 1. The van der Waals surface area contributed by atoms with Gasteiger partial charge < -0.3 is 42.8 Å². The number of methoxy groups -OCH3 is 3. The lowest BCUT2D eigenvalue weighted by Crippen LogP contribution is -2.56. The number of hydrogen-bond acceptors (Lipinski definition) is 12. The van der Waals surface area contributed by atoms with E-state index in [4.69, 9.17) is 37.5 Å². The van der Waals surface area contributed by atoms with E-state index in [1.54, 1.807) is 57.9 Å². The molecular weight excluding hydrogens is 1010 g/mol. The third kappa shape index (κ3) is 13.3. The van der Waals surface area contributed by atoms with Crippen LogP contribution in [0.4, 0.5) is 5.82 Å². The number of ether oxygens (including phenoxy) is 6. The summed E-state index contributed by atoms with van der Waals surface area (Å²) in [6.07, 6.45) is -2.26. The molecule has 404 valence electrons. The Morgan fingerprint density at radius 1 is 0.688 bits per heavy atom. The second-order valence-electron chi connectivity index (χ2n) is 19.6. The van der Waals surface area contributed by atoms with Crippen LogP contribution in [-0.2, 0) is 33.6 Å². The van der Waals surface area contributed by atoms with Crippen molar-refractivity contribution in [3.63, 3.8) is 0 Å². The average Bonchev–Trinajstić information content (AvgIpc) is 3.80. The molecule has 1 amide bonds. The number of rotatable bonds is 26. The summed E-state index contributed by atoms with van der Waals surface area (Å²) in [4.78, 5) is 32.0. The second kappa shape index (κ2) is 26.8. The maximum absolute atomic E-state index is 14.4. The molecular formula is C61H71N4O10PSi. The third-order valence-corrected chi connectivity index (χ3v) is 20.5. The molecule has 1 saturated heterocycles. The van der Waals surface area contributed by atoms with Crippen LogP contribution >= 0.6 is 8.53 Å². The average molecular weight is 1080 g/mol. The highest BCUT2D eigenvalue weighted by molar-refractivity contribution is 7.44. The van der Waals surface area contributed by atoms with E-state index in [9.17, 15) is 9.59 Å². The fourth-order valence-electron chi connectivity index (χ4n) is 10.00. The van der Waals surface area contributed by atoms with E-state index in [0.717, 1.165) is 22.7 Å². The molecule has 1 aliphatic heterocycles. The Kier molecular flexibility index (Phi) is 19.8. The summed E-state index contributed by atoms with van der Waals surface area (Å²) in [6, 6.07) is 58.2. The van der Waals surface area contributed by atoms with Gasteiger partial charge in [-0.05, 0) is 92.9 Å². The molecule has 16 heteroatoms. The van der Waals surface area contributed by atoms with Crippen LogP contribution in [0.25, 0.3) is 0 Å². The van der Waals surface area contributed by atoms with Gasteiger partial charge in [0.2, 0.25) is 0 Å². The van der Waals surface area contributed by atoms with Gasteiger partial charge in [0.05, 0.1) is 40.6 Å². The Balaban J connectivity index is 1.23. The maximum atomic E-state index is 14.4. The highest BCUT2D eigenvalue weighted by Crippen LogP contribution is 2.51. The van der Waals surface area contributed by atoms with Crippen molar-refractivity contribution in [3.8, 4) is 11.5 Å². The predicted molar refractivity (Wildman–Crippen MR) is 305 cm³/mol. The van der Waals surface area contributed by atoms with Crippen molar-refractivity contribution >= 4 is 38.7 Å². The van der Waals surface area contributed by atoms with Crippen molar-refractivity contribution in [1.82, 2.24) is 14.2 Å². The van der Waals surface area contributed by atoms with E-state index < -0.39 is 58.3 Å². The maximum Gasteiger partial charge on any atom is 0.351 e. The minimum absolute atomic E-state index is 0.00463. The van der Waals surface area contributed by atoms with Crippen LogP contribution in [0.3, 0.4) is 0 Å². The van der Waals surface area contributed by atoms with Crippen molar-refractivity contribution in [3.05, 3.63) is 215 Å². The van der Waals surface area contributed by atoms with Gasteiger partial charge in [-0.1, -0.05) is 150 Å². The highest BCUT2D eigenvalue weighted by Gasteiger charge is 2.52. The molecule has 1 aliphatic rings. The zero-order valence-corrected chi connectivity index (χ0v) is 47.1. The fourth-order valence-corrected chi connectivity index (χ4v) is 15.2. The number of hydrogen-bond donors (Lipinski definition) is 1. The van der Waals surface area contributed by atoms with E-state index in [1.165, 1.54) is 14.9 Å². The Morgan fingerprint density at radius 2 is 1.21 bits per heavy atom. The van der Waals surface area contributed by atoms with Crippen LogP contribution in [0, 0.1) is 0 Å². The van der Waals surface area contributed by atoms with Crippen molar-refractivity contribution < 1.29 is 42.3 Å². The van der Waals surface area contributed by atoms with Gasteiger partial charge in [-0.25, -0.2) is 9.46 Å². The number of benzene rings is 6. The summed E-state index contributed by atoms with van der Waals surface area (Å²) >= 11 is 0. The van der Waals surface area contributed by atoms with Gasteiger partial charge >= 0.3 is 5.69 Å². The molecule has 14 nitrogen and oxygen atoms in total. The lowest BCUT2D eigenvalue weighted by atomic mass is 9.80. The molecule has 1 fully saturated rings. The normalized spacial score (nSPS) is 17.2. The lowest BCUT2D eigenvalue weighted by molar-refractivity contribution is -0.0990. The highest BCUT2D eigenvalue weighted by atomic mass is 31.2. The van der Waals surface area contributed by atoms with Gasteiger partial charge in [-0.15, -0.1) is 0 Å². The summed E-state index contributed by atoms with van der Waals surface area (Å²) in [5.41, 5.74) is 1.01. The van der Waals surface area contributed by atoms with Crippen molar-refractivity contribution in [2.24, 2.45) is 0 Å². The van der Waals surface area contributed by atoms with Gasteiger partial charge in [0.1, 0.15) is 49.3 Å². The first-order valence-corrected chi connectivity index (χ1v) is 29.9. The lowest BCUT2D eigenvalue weighted by Gasteiger charge is -2.40. The van der Waals surface area contributed by atoms with Crippen LogP contribution in [-0.4, -0.2) is 106 Å². The van der Waals surface area contributed by atoms with Crippen LogP contribution in [0.15, 0.2) is 187 Å². The summed E-state index contributed by atoms with van der Waals surface area (Å²) in [5, 5.41) is 5.38. The number of carbonyl (C=O) groups excluding carboxylic acids is 1. The number of amides is 1. The Morgan fingerprint density at radius 3 is 1.71 bits per heavy atom. The van der Waals surface area contributed by atoms with Crippen LogP contribution in [0.2, 0.25) is 12.6 Å². The number of aromatic nitrogens is 2. The molecule has 0 aliphatic carbocycles. The first-order valence-electron chi connectivity index (χ1n) is 26.1. The monoisotopic (exact) mass is 1080 g/mol. The number of nitrogens with one attached hydrogen (secondary N) is 1. The Hall–Kier alpha value is -6.36. The summed E-state index contributed by atoms with van der Waals surface area (Å²) in [6.45, 7) is 11.7. The van der Waals surface area contributed by atoms with Gasteiger partial charge in [0.25, 0.3) is 14.4 Å². The quantitative estimate of drug-likeness (QED) is 0.0239. The van der Waals surface area contributed by atoms with Crippen molar-refractivity contribution in [1.29, 1.82) is 0 Å². The molecule has 0 saturated carbocycles. The van der Waals surface area contributed by atoms with Crippen molar-refractivity contribution in [2.75, 3.05) is 53.1 Å². The molecule has 1 unspecified atom stereocenters. The van der Waals surface area contributed by atoms with Gasteiger partial charge in [0, 0.05) is 31.0 Å². The second-order valence-corrected chi connectivity index (χ2v) is 25.3. The molecule has 2 heterocycles. The number of anilines is 1. The van der Waals surface area contributed by atoms with Gasteiger partial charge in [-0.3, -0.25) is 9.36 Å². The fraction of sp³-hybridized carbons (Fsp3) is 0.328. The molecule has 5 atom stereocenters. The molecule has 1 aromatic heterocycles.